The first-order valence-corrected chi connectivity index (χ1v) is 6.73. The van der Waals surface area contributed by atoms with Gasteiger partial charge in [0.15, 0.2) is 0 Å². The van der Waals surface area contributed by atoms with Gasteiger partial charge in [0.25, 0.3) is 0 Å². The van der Waals surface area contributed by atoms with Crippen molar-refractivity contribution in [3.05, 3.63) is 51.6 Å². The standard InChI is InChI=1S/C13H16IN3/c1-10(15)8-13-16-6-7-17(13)9-11-2-4-12(14)5-3-11/h2-7,10H,8-9,15H2,1H3. The Kier molecular flexibility index (Phi) is 4.17. The molecule has 0 aliphatic carbocycles. The van der Waals surface area contributed by atoms with Crippen LogP contribution in [0, 0.1) is 3.57 Å². The molecule has 90 valence electrons. The third kappa shape index (κ3) is 3.54. The third-order valence-electron chi connectivity index (χ3n) is 2.57. The van der Waals surface area contributed by atoms with Gasteiger partial charge < -0.3 is 10.3 Å². The van der Waals surface area contributed by atoms with Gasteiger partial charge in [0, 0.05) is 35.0 Å². The molecule has 0 radical (unpaired) electrons. The Bertz CT molecular complexity index is 474. The lowest BCUT2D eigenvalue weighted by molar-refractivity contribution is 0.648. The highest BCUT2D eigenvalue weighted by atomic mass is 127. The molecule has 0 saturated heterocycles. The molecule has 0 fully saturated rings. The van der Waals surface area contributed by atoms with Crippen molar-refractivity contribution in [2.45, 2.75) is 25.9 Å². The minimum absolute atomic E-state index is 0.146. The van der Waals surface area contributed by atoms with Crippen LogP contribution in [0.5, 0.6) is 0 Å². The van der Waals surface area contributed by atoms with Gasteiger partial charge in [0.05, 0.1) is 0 Å². The number of nitrogens with two attached hydrogens (primary N) is 1. The van der Waals surface area contributed by atoms with E-state index in [4.69, 9.17) is 5.73 Å². The molecule has 0 saturated carbocycles. The highest BCUT2D eigenvalue weighted by Gasteiger charge is 2.05. The van der Waals surface area contributed by atoms with Crippen LogP contribution in [0.2, 0.25) is 0 Å². The summed E-state index contributed by atoms with van der Waals surface area (Å²) in [5.74, 6) is 1.05. The van der Waals surface area contributed by atoms with Gasteiger partial charge in [-0.05, 0) is 47.2 Å². The van der Waals surface area contributed by atoms with Crippen LogP contribution in [0.4, 0.5) is 0 Å². The lowest BCUT2D eigenvalue weighted by Gasteiger charge is -2.09. The van der Waals surface area contributed by atoms with Gasteiger partial charge in [-0.15, -0.1) is 0 Å². The van der Waals surface area contributed by atoms with E-state index in [9.17, 15) is 0 Å². The predicted molar refractivity (Wildman–Crippen MR) is 77.8 cm³/mol. The van der Waals surface area contributed by atoms with Crippen LogP contribution in [0.1, 0.15) is 18.3 Å². The number of halogens is 1. The summed E-state index contributed by atoms with van der Waals surface area (Å²) in [6, 6.07) is 8.69. The SMILES string of the molecule is CC(N)Cc1nccn1Cc1ccc(I)cc1. The van der Waals surface area contributed by atoms with E-state index in [1.54, 1.807) is 0 Å². The number of benzene rings is 1. The number of rotatable bonds is 4. The van der Waals surface area contributed by atoms with Gasteiger partial charge in [-0.1, -0.05) is 12.1 Å². The van der Waals surface area contributed by atoms with Crippen molar-refractivity contribution in [2.24, 2.45) is 5.73 Å². The first-order valence-electron chi connectivity index (χ1n) is 5.65. The molecule has 17 heavy (non-hydrogen) atoms. The minimum atomic E-state index is 0.146. The van der Waals surface area contributed by atoms with Gasteiger partial charge in [0.2, 0.25) is 0 Å². The Morgan fingerprint density at radius 2 is 2.06 bits per heavy atom. The normalized spacial score (nSPS) is 12.6. The highest BCUT2D eigenvalue weighted by molar-refractivity contribution is 14.1. The van der Waals surface area contributed by atoms with Gasteiger partial charge in [-0.2, -0.15) is 0 Å². The van der Waals surface area contributed by atoms with E-state index in [2.05, 4.69) is 56.4 Å². The van der Waals surface area contributed by atoms with Gasteiger partial charge in [-0.25, -0.2) is 4.98 Å². The summed E-state index contributed by atoms with van der Waals surface area (Å²) in [6.45, 7) is 2.86. The average Bonchev–Trinajstić information content (AvgIpc) is 2.68. The summed E-state index contributed by atoms with van der Waals surface area (Å²) >= 11 is 2.31. The zero-order chi connectivity index (χ0) is 12.3. The van der Waals surface area contributed by atoms with Crippen LogP contribution in [0.3, 0.4) is 0 Å². The van der Waals surface area contributed by atoms with Crippen LogP contribution in [0.15, 0.2) is 36.7 Å². The molecule has 0 bridgehead atoms. The molecule has 0 amide bonds. The monoisotopic (exact) mass is 341 g/mol. The van der Waals surface area contributed by atoms with E-state index < -0.39 is 0 Å². The summed E-state index contributed by atoms with van der Waals surface area (Å²) in [4.78, 5) is 4.35. The summed E-state index contributed by atoms with van der Waals surface area (Å²) in [7, 11) is 0. The largest absolute Gasteiger partial charge is 0.330 e. The zero-order valence-electron chi connectivity index (χ0n) is 9.81. The van der Waals surface area contributed by atoms with E-state index in [-0.39, 0.29) is 6.04 Å². The molecule has 1 aromatic carbocycles. The molecule has 2 aromatic rings. The summed E-state index contributed by atoms with van der Waals surface area (Å²) in [6.07, 6.45) is 4.66. The van der Waals surface area contributed by atoms with Crippen molar-refractivity contribution in [2.75, 3.05) is 0 Å². The number of aromatic nitrogens is 2. The molecule has 3 nitrogen and oxygen atoms in total. The molecule has 0 spiro atoms. The van der Waals surface area contributed by atoms with Crippen LogP contribution < -0.4 is 5.73 Å². The van der Waals surface area contributed by atoms with E-state index in [1.807, 2.05) is 19.3 Å². The smallest absolute Gasteiger partial charge is 0.110 e. The average molecular weight is 341 g/mol. The number of nitrogens with zero attached hydrogens (tertiary/aromatic N) is 2. The Morgan fingerprint density at radius 1 is 1.35 bits per heavy atom. The quantitative estimate of drug-likeness (QED) is 0.868. The Labute approximate surface area is 115 Å². The molecule has 1 heterocycles. The van der Waals surface area contributed by atoms with Crippen LogP contribution in [-0.4, -0.2) is 15.6 Å². The molecule has 1 unspecified atom stereocenters. The first kappa shape index (κ1) is 12.6. The van der Waals surface area contributed by atoms with E-state index in [1.165, 1.54) is 9.13 Å². The molecule has 1 aromatic heterocycles. The lowest BCUT2D eigenvalue weighted by atomic mass is 10.2. The summed E-state index contributed by atoms with van der Waals surface area (Å²) < 4.78 is 3.42. The maximum absolute atomic E-state index is 5.81. The molecule has 0 aliphatic heterocycles. The van der Waals surface area contributed by atoms with Crippen molar-refractivity contribution >= 4 is 22.6 Å². The Hall–Kier alpha value is -0.880. The fourth-order valence-corrected chi connectivity index (χ4v) is 2.11. The van der Waals surface area contributed by atoms with Gasteiger partial charge >= 0.3 is 0 Å². The molecule has 2 rings (SSSR count). The van der Waals surface area contributed by atoms with E-state index in [0.29, 0.717) is 0 Å². The molecule has 2 N–H and O–H groups in total. The lowest BCUT2D eigenvalue weighted by Crippen LogP contribution is -2.20. The van der Waals surface area contributed by atoms with Crippen molar-refractivity contribution in [1.29, 1.82) is 0 Å². The molecular formula is C13H16IN3. The van der Waals surface area contributed by atoms with Crippen molar-refractivity contribution in [3.8, 4) is 0 Å². The second-order valence-corrected chi connectivity index (χ2v) is 5.52. The highest BCUT2D eigenvalue weighted by Crippen LogP contribution is 2.10. The number of hydrogen-bond donors (Lipinski definition) is 1. The van der Waals surface area contributed by atoms with Crippen LogP contribution in [-0.2, 0) is 13.0 Å². The fraction of sp³-hybridized carbons (Fsp3) is 0.308. The fourth-order valence-electron chi connectivity index (χ4n) is 1.75. The van der Waals surface area contributed by atoms with Crippen LogP contribution in [0.25, 0.3) is 0 Å². The first-order chi connectivity index (χ1) is 8.15. The Morgan fingerprint density at radius 3 is 2.71 bits per heavy atom. The second-order valence-electron chi connectivity index (χ2n) is 4.28. The van der Waals surface area contributed by atoms with E-state index >= 15 is 0 Å². The molecule has 0 aliphatic rings. The molecule has 4 heteroatoms. The van der Waals surface area contributed by atoms with Crippen molar-refractivity contribution in [3.63, 3.8) is 0 Å². The predicted octanol–water partition coefficient (Wildman–Crippen LogP) is 2.43. The summed E-state index contributed by atoms with van der Waals surface area (Å²) in [5, 5.41) is 0. The minimum Gasteiger partial charge on any atom is -0.330 e. The zero-order valence-corrected chi connectivity index (χ0v) is 12.0. The third-order valence-corrected chi connectivity index (χ3v) is 3.29. The number of imidazole rings is 1. The van der Waals surface area contributed by atoms with Gasteiger partial charge in [0.1, 0.15) is 5.82 Å². The maximum Gasteiger partial charge on any atom is 0.110 e. The van der Waals surface area contributed by atoms with Crippen molar-refractivity contribution in [1.82, 2.24) is 9.55 Å². The second kappa shape index (κ2) is 5.64. The van der Waals surface area contributed by atoms with Gasteiger partial charge in [-0.3, -0.25) is 0 Å². The topological polar surface area (TPSA) is 43.8 Å². The number of hydrogen-bond acceptors (Lipinski definition) is 2. The molecular weight excluding hydrogens is 325 g/mol. The van der Waals surface area contributed by atoms with Crippen molar-refractivity contribution < 1.29 is 0 Å². The Balaban J connectivity index is 2.13. The summed E-state index contributed by atoms with van der Waals surface area (Å²) in [5.41, 5.74) is 7.10. The van der Waals surface area contributed by atoms with E-state index in [0.717, 1.165) is 18.8 Å². The maximum atomic E-state index is 5.81. The molecule has 1 atom stereocenters. The van der Waals surface area contributed by atoms with Crippen LogP contribution >= 0.6 is 22.6 Å².